The molecule has 232 valence electrons. The second-order valence-electron chi connectivity index (χ2n) is 8.13. The molecule has 0 saturated carbocycles. The Morgan fingerprint density at radius 1 is 0.595 bits per heavy atom. The predicted octanol–water partition coefficient (Wildman–Crippen LogP) is 5.29. The molecule has 2 aromatic carbocycles. The molecule has 0 unspecified atom stereocenters. The van der Waals surface area contributed by atoms with Crippen molar-refractivity contribution < 1.29 is 33.3 Å². The lowest BCUT2D eigenvalue weighted by Crippen LogP contribution is -2.39. The average molecular weight is 591 g/mol. The first kappa shape index (κ1) is 38.0. The van der Waals surface area contributed by atoms with Gasteiger partial charge in [0.2, 0.25) is 22.3 Å². The van der Waals surface area contributed by atoms with E-state index >= 15 is 0 Å². The summed E-state index contributed by atoms with van der Waals surface area (Å²) in [5.41, 5.74) is 2.70. The highest BCUT2D eigenvalue weighted by Crippen LogP contribution is 2.41. The maximum absolute atomic E-state index is 9.89. The topological polar surface area (TPSA) is 146 Å². The van der Waals surface area contributed by atoms with Crippen molar-refractivity contribution in [2.24, 2.45) is 0 Å². The van der Waals surface area contributed by atoms with Crippen LogP contribution in [0.5, 0.6) is 23.0 Å². The van der Waals surface area contributed by atoms with Crippen molar-refractivity contribution in [3.63, 3.8) is 0 Å². The summed E-state index contributed by atoms with van der Waals surface area (Å²) >= 11 is 0. The minimum absolute atomic E-state index is 0.390. The van der Waals surface area contributed by atoms with E-state index < -0.39 is 7.40 Å². The Labute approximate surface area is 249 Å². The zero-order chi connectivity index (χ0) is 32.1. The molecule has 0 aliphatic carbocycles. The van der Waals surface area contributed by atoms with Crippen LogP contribution in [0, 0.1) is 10.8 Å². The Balaban J connectivity index is 0.000000710. The number of hydrogen-bond acceptors (Lipinski definition) is 10. The summed E-state index contributed by atoms with van der Waals surface area (Å²) in [4.78, 5) is 10.9. The number of anilines is 2. The molecule has 12 nitrogen and oxygen atoms in total. The van der Waals surface area contributed by atoms with Crippen LogP contribution in [0.15, 0.2) is 24.3 Å². The van der Waals surface area contributed by atoms with Gasteiger partial charge in [0.05, 0.1) is 49.9 Å². The van der Waals surface area contributed by atoms with Gasteiger partial charge in [-0.05, 0) is 55.4 Å². The lowest BCUT2D eigenvalue weighted by molar-refractivity contribution is -0.366. The molecule has 0 aliphatic heterocycles. The van der Waals surface area contributed by atoms with Crippen molar-refractivity contribution in [2.75, 3.05) is 62.4 Å². The first-order valence-corrected chi connectivity index (χ1v) is 14.2. The van der Waals surface area contributed by atoms with E-state index in [1.165, 1.54) is 0 Å². The smallest absolute Gasteiger partial charge is 0.430 e. The Bertz CT molecular complexity index is 1050. The third-order valence-corrected chi connectivity index (χ3v) is 5.70. The Morgan fingerprint density at radius 2 is 0.857 bits per heavy atom. The van der Waals surface area contributed by atoms with E-state index in [0.717, 1.165) is 37.6 Å². The Kier molecular flexibility index (Phi) is 19.6. The summed E-state index contributed by atoms with van der Waals surface area (Å²) < 4.78 is 32.2. The quantitative estimate of drug-likeness (QED) is 0.210. The van der Waals surface area contributed by atoms with Crippen molar-refractivity contribution in [1.82, 2.24) is 0 Å². The molecule has 0 saturated heterocycles. The number of halogens is 1. The number of benzene rings is 2. The van der Waals surface area contributed by atoms with Gasteiger partial charge in [0.1, 0.15) is 7.40 Å². The fourth-order valence-electron chi connectivity index (χ4n) is 3.94. The van der Waals surface area contributed by atoms with Crippen molar-refractivity contribution in [3.05, 3.63) is 34.2 Å². The van der Waals surface area contributed by atoms with Gasteiger partial charge in [0, 0.05) is 38.3 Å². The molecular formula is C28H44BFN6O6. The van der Waals surface area contributed by atoms with Crippen LogP contribution in [-0.2, 0) is 0 Å². The van der Waals surface area contributed by atoms with Gasteiger partial charge < -0.3 is 43.1 Å². The van der Waals surface area contributed by atoms with Crippen LogP contribution in [0.1, 0.15) is 55.4 Å². The van der Waals surface area contributed by atoms with Crippen molar-refractivity contribution in [2.45, 2.75) is 55.4 Å². The second-order valence-corrected chi connectivity index (χ2v) is 8.13. The van der Waals surface area contributed by atoms with E-state index in [0.29, 0.717) is 60.8 Å². The van der Waals surface area contributed by atoms with E-state index in [-0.39, 0.29) is 0 Å². The molecule has 2 aromatic rings. The molecule has 0 atom stereocenters. The van der Waals surface area contributed by atoms with Crippen molar-refractivity contribution in [3.8, 4) is 23.0 Å². The van der Waals surface area contributed by atoms with Gasteiger partial charge in [-0.3, -0.25) is 0 Å². The van der Waals surface area contributed by atoms with Crippen LogP contribution in [0.2, 0.25) is 0 Å². The number of ether oxygens (including phenoxy) is 4. The number of diazo groups is 2. The van der Waals surface area contributed by atoms with E-state index in [9.17, 15) is 4.32 Å². The highest BCUT2D eigenvalue weighted by molar-refractivity contribution is 6.27. The molecule has 0 amide bonds. The van der Waals surface area contributed by atoms with Crippen LogP contribution < -0.4 is 38.8 Å². The highest BCUT2D eigenvalue weighted by Gasteiger charge is 2.24. The molecule has 14 heteroatoms. The highest BCUT2D eigenvalue weighted by atomic mass is 19.1. The molecule has 0 aliphatic rings. The lowest BCUT2D eigenvalue weighted by atomic mass is 10.2. The minimum atomic E-state index is -3.17. The maximum Gasteiger partial charge on any atom is 0.430 e. The molecule has 0 aromatic heterocycles. The standard InChI is InChI=1S/2C14H22N3O2.BFO2/c2*1-5-17(6-2)12-10-13(18-7-3)11(16-15)9-14(12)19-8-4;2-1(3)4/h2*9-10H,5-8H2,1-4H3;/q2*+1;-2. The molecule has 0 fully saturated rings. The van der Waals surface area contributed by atoms with Gasteiger partial charge in [0.25, 0.3) is 0 Å². The molecule has 2 rings (SSSR count). The van der Waals surface area contributed by atoms with Crippen LogP contribution in [0.3, 0.4) is 0 Å². The van der Waals surface area contributed by atoms with Gasteiger partial charge >= 0.3 is 11.4 Å². The largest absolute Gasteiger partial charge is 0.867 e. The third kappa shape index (κ3) is 12.2. The fourth-order valence-corrected chi connectivity index (χ4v) is 3.94. The summed E-state index contributed by atoms with van der Waals surface area (Å²) in [5, 5.41) is 34.7. The summed E-state index contributed by atoms with van der Waals surface area (Å²) in [7, 11) is -3.17. The molecule has 42 heavy (non-hydrogen) atoms. The van der Waals surface area contributed by atoms with Crippen LogP contribution in [0.25, 0.3) is 9.95 Å². The molecule has 0 spiro atoms. The normalized spacial score (nSPS) is 9.55. The number of hydrogen-bond donors (Lipinski definition) is 0. The van der Waals surface area contributed by atoms with E-state index in [1.807, 2.05) is 39.8 Å². The van der Waals surface area contributed by atoms with E-state index in [4.69, 9.17) is 39.8 Å². The number of rotatable bonds is 14. The van der Waals surface area contributed by atoms with Gasteiger partial charge in [-0.1, -0.05) is 0 Å². The van der Waals surface area contributed by atoms with Crippen LogP contribution >= 0.6 is 0 Å². The molecular weight excluding hydrogens is 546 g/mol. The Hall–Kier alpha value is -4.01. The van der Waals surface area contributed by atoms with Gasteiger partial charge in [-0.2, -0.15) is 0 Å². The summed E-state index contributed by atoms with van der Waals surface area (Å²) in [6.07, 6.45) is 0. The monoisotopic (exact) mass is 590 g/mol. The molecule has 0 heterocycles. The summed E-state index contributed by atoms with van der Waals surface area (Å²) in [5.74, 6) is 2.55. The molecule has 0 radical (unpaired) electrons. The average Bonchev–Trinajstić information content (AvgIpc) is 2.97. The maximum atomic E-state index is 9.89. The first-order valence-electron chi connectivity index (χ1n) is 14.2. The summed E-state index contributed by atoms with van der Waals surface area (Å²) in [6.45, 7) is 21.7. The van der Waals surface area contributed by atoms with Crippen molar-refractivity contribution >= 4 is 30.1 Å². The summed E-state index contributed by atoms with van der Waals surface area (Å²) in [6, 6.07) is 7.16. The van der Waals surface area contributed by atoms with Gasteiger partial charge in [0.15, 0.2) is 21.5 Å². The second kappa shape index (κ2) is 21.7. The van der Waals surface area contributed by atoms with E-state index in [1.54, 1.807) is 12.1 Å². The zero-order valence-corrected chi connectivity index (χ0v) is 26.1. The predicted molar refractivity (Wildman–Crippen MR) is 161 cm³/mol. The van der Waals surface area contributed by atoms with Gasteiger partial charge in [-0.25, -0.2) is 0 Å². The van der Waals surface area contributed by atoms with Crippen LogP contribution in [-0.4, -0.2) is 60.0 Å². The number of nitrogens with zero attached hydrogens (tertiary/aromatic N) is 6. The van der Waals surface area contributed by atoms with Crippen LogP contribution in [0.4, 0.5) is 27.1 Å². The fraction of sp³-hybridized carbons (Fsp3) is 0.571. The SMILES string of the molecule is CCOc1cc(N(CC)CC)c(OCC)cc1[N+]#N.CCOc1cc(N(CC)CC)c(OCC)cc1[N+]#N.[O-]B([O-])F. The first-order chi connectivity index (χ1) is 20.2. The molecule has 0 bridgehead atoms. The van der Waals surface area contributed by atoms with Crippen molar-refractivity contribution in [1.29, 1.82) is 10.8 Å². The third-order valence-electron chi connectivity index (χ3n) is 5.70. The zero-order valence-electron chi connectivity index (χ0n) is 26.1. The minimum Gasteiger partial charge on any atom is -0.867 e. The Morgan fingerprint density at radius 3 is 1.07 bits per heavy atom. The van der Waals surface area contributed by atoms with Gasteiger partial charge in [-0.15, -0.1) is 0 Å². The molecule has 0 N–H and O–H groups in total. The lowest BCUT2D eigenvalue weighted by Gasteiger charge is -2.23. The van der Waals surface area contributed by atoms with E-state index in [2.05, 4.69) is 47.4 Å².